The number of halogens is 1. The summed E-state index contributed by atoms with van der Waals surface area (Å²) in [6.45, 7) is 6.97. The molecule has 0 radical (unpaired) electrons. The number of amides is 1. The highest BCUT2D eigenvalue weighted by atomic mass is 19.1. The molecule has 1 amide bonds. The van der Waals surface area contributed by atoms with E-state index in [1.54, 1.807) is 13.1 Å². The highest BCUT2D eigenvalue weighted by Crippen LogP contribution is 2.27. The fourth-order valence-corrected chi connectivity index (χ4v) is 4.52. The van der Waals surface area contributed by atoms with Gasteiger partial charge in [0, 0.05) is 37.8 Å². The molecule has 150 valence electrons. The fraction of sp³-hybridized carbons (Fsp3) is 0.667. The van der Waals surface area contributed by atoms with Gasteiger partial charge in [-0.3, -0.25) is 9.69 Å². The second-order valence-corrected chi connectivity index (χ2v) is 7.80. The molecule has 2 aliphatic rings. The molecule has 0 bridgehead atoms. The van der Waals surface area contributed by atoms with Gasteiger partial charge >= 0.3 is 0 Å². The van der Waals surface area contributed by atoms with Crippen molar-refractivity contribution in [2.24, 2.45) is 0 Å². The minimum Gasteiger partial charge on any atom is -0.358 e. The van der Waals surface area contributed by atoms with E-state index >= 15 is 0 Å². The van der Waals surface area contributed by atoms with Crippen molar-refractivity contribution >= 4 is 5.91 Å². The van der Waals surface area contributed by atoms with Crippen LogP contribution in [0.25, 0.3) is 0 Å². The number of carbonyl (C=O) groups excluding carboxylic acids is 1. The maximum absolute atomic E-state index is 13.9. The van der Waals surface area contributed by atoms with Crippen molar-refractivity contribution in [1.82, 2.24) is 20.4 Å². The number of benzene rings is 1. The van der Waals surface area contributed by atoms with E-state index in [2.05, 4.69) is 27.4 Å². The Labute approximate surface area is 162 Å². The normalized spacial score (nSPS) is 25.0. The Bertz CT molecular complexity index is 618. The molecule has 0 spiro atoms. The summed E-state index contributed by atoms with van der Waals surface area (Å²) in [6, 6.07) is 7.46. The number of likely N-dealkylation sites (tertiary alicyclic amines) is 2. The van der Waals surface area contributed by atoms with Gasteiger partial charge in [-0.2, -0.15) is 0 Å². The molecule has 2 N–H and O–H groups in total. The molecule has 0 saturated carbocycles. The summed E-state index contributed by atoms with van der Waals surface area (Å²) in [5, 5.41) is 6.30. The van der Waals surface area contributed by atoms with Crippen molar-refractivity contribution in [3.8, 4) is 0 Å². The number of carbonyl (C=O) groups is 1. The van der Waals surface area contributed by atoms with Crippen molar-refractivity contribution in [2.75, 3.05) is 33.2 Å². The van der Waals surface area contributed by atoms with Crippen LogP contribution in [-0.4, -0.2) is 67.1 Å². The van der Waals surface area contributed by atoms with Crippen molar-refractivity contribution < 1.29 is 9.18 Å². The minimum absolute atomic E-state index is 0.0872. The van der Waals surface area contributed by atoms with Gasteiger partial charge in [0.05, 0.1) is 6.04 Å². The summed E-state index contributed by atoms with van der Waals surface area (Å²) < 4.78 is 13.9. The lowest BCUT2D eigenvalue weighted by molar-refractivity contribution is -0.126. The summed E-state index contributed by atoms with van der Waals surface area (Å²) in [4.78, 5) is 17.4. The lowest BCUT2D eigenvalue weighted by atomic mass is 10.0. The van der Waals surface area contributed by atoms with E-state index in [0.717, 1.165) is 38.9 Å². The van der Waals surface area contributed by atoms with Crippen LogP contribution in [0, 0.1) is 5.82 Å². The molecule has 1 aromatic carbocycles. The molecule has 5 nitrogen and oxygen atoms in total. The van der Waals surface area contributed by atoms with Crippen molar-refractivity contribution in [1.29, 1.82) is 0 Å². The highest BCUT2D eigenvalue weighted by Gasteiger charge is 2.40. The maximum Gasteiger partial charge on any atom is 0.237 e. The van der Waals surface area contributed by atoms with Crippen LogP contribution in [-0.2, 0) is 11.3 Å². The van der Waals surface area contributed by atoms with Gasteiger partial charge in [0.2, 0.25) is 5.91 Å². The third-order valence-electron chi connectivity index (χ3n) is 5.99. The Morgan fingerprint density at radius 1 is 1.26 bits per heavy atom. The molecule has 27 heavy (non-hydrogen) atoms. The summed E-state index contributed by atoms with van der Waals surface area (Å²) in [5.41, 5.74) is 0.681. The molecule has 6 heteroatoms. The van der Waals surface area contributed by atoms with Gasteiger partial charge in [-0.1, -0.05) is 25.1 Å². The summed E-state index contributed by atoms with van der Waals surface area (Å²) in [7, 11) is 1.71. The Hall–Kier alpha value is -1.50. The maximum atomic E-state index is 13.9. The first-order chi connectivity index (χ1) is 13.1. The second-order valence-electron chi connectivity index (χ2n) is 7.80. The number of nitrogens with one attached hydrogen (secondary N) is 2. The molecule has 2 fully saturated rings. The van der Waals surface area contributed by atoms with Crippen LogP contribution in [0.15, 0.2) is 24.3 Å². The van der Waals surface area contributed by atoms with Crippen molar-refractivity contribution in [2.45, 2.75) is 57.3 Å². The molecule has 0 aromatic heterocycles. The lowest BCUT2D eigenvalue weighted by Gasteiger charge is -2.38. The van der Waals surface area contributed by atoms with Gasteiger partial charge in [0.15, 0.2) is 0 Å². The van der Waals surface area contributed by atoms with E-state index in [-0.39, 0.29) is 23.8 Å². The highest BCUT2D eigenvalue weighted by molar-refractivity contribution is 5.82. The summed E-state index contributed by atoms with van der Waals surface area (Å²) in [5.74, 6) is -0.0767. The van der Waals surface area contributed by atoms with Crippen molar-refractivity contribution in [3.63, 3.8) is 0 Å². The molecule has 2 atom stereocenters. The first kappa shape index (κ1) is 20.2. The SMILES string of the molecule is CCCN1CCC(N2C[C@H](NCc3ccccc3F)C[C@H]2C(=O)NC)CC1. The molecule has 0 unspecified atom stereocenters. The molecular formula is C21H33FN4O. The van der Waals surface area contributed by atoms with Gasteiger partial charge in [-0.05, 0) is 51.4 Å². The van der Waals surface area contributed by atoms with Crippen LogP contribution < -0.4 is 10.6 Å². The summed E-state index contributed by atoms with van der Waals surface area (Å²) >= 11 is 0. The minimum atomic E-state index is -0.175. The second kappa shape index (κ2) is 9.62. The third-order valence-corrected chi connectivity index (χ3v) is 5.99. The Morgan fingerprint density at radius 3 is 2.67 bits per heavy atom. The standard InChI is InChI=1S/C21H33FN4O/c1-3-10-25-11-8-18(9-12-25)26-15-17(13-20(26)21(27)23-2)24-14-16-6-4-5-7-19(16)22/h4-7,17-18,20,24H,3,8-15H2,1-2H3,(H,23,27)/t17-,20+/m1/s1. The monoisotopic (exact) mass is 376 g/mol. The molecule has 0 aliphatic carbocycles. The lowest BCUT2D eigenvalue weighted by Crippen LogP contribution is -2.51. The number of hydrogen-bond acceptors (Lipinski definition) is 4. The number of rotatable bonds is 7. The Balaban J connectivity index is 1.59. The van der Waals surface area contributed by atoms with Gasteiger partial charge in [-0.25, -0.2) is 4.39 Å². The van der Waals surface area contributed by atoms with E-state index in [1.807, 2.05) is 12.1 Å². The van der Waals surface area contributed by atoms with Crippen LogP contribution in [0.2, 0.25) is 0 Å². The molecule has 3 rings (SSSR count). The van der Waals surface area contributed by atoms with E-state index in [0.29, 0.717) is 18.2 Å². The zero-order chi connectivity index (χ0) is 19.2. The number of likely N-dealkylation sites (N-methyl/N-ethyl adjacent to an activating group) is 1. The number of hydrogen-bond donors (Lipinski definition) is 2. The number of nitrogens with zero attached hydrogens (tertiary/aromatic N) is 2. The molecule has 2 heterocycles. The molecule has 2 saturated heterocycles. The van der Waals surface area contributed by atoms with Crippen molar-refractivity contribution in [3.05, 3.63) is 35.6 Å². The predicted molar refractivity (Wildman–Crippen MR) is 106 cm³/mol. The largest absolute Gasteiger partial charge is 0.358 e. The van der Waals surface area contributed by atoms with E-state index in [9.17, 15) is 9.18 Å². The zero-order valence-electron chi connectivity index (χ0n) is 16.6. The fourth-order valence-electron chi connectivity index (χ4n) is 4.52. The van der Waals surface area contributed by atoms with E-state index < -0.39 is 0 Å². The van der Waals surface area contributed by atoms with Gasteiger partial charge in [-0.15, -0.1) is 0 Å². The topological polar surface area (TPSA) is 47.6 Å². The predicted octanol–water partition coefficient (Wildman–Crippen LogP) is 1.98. The first-order valence-corrected chi connectivity index (χ1v) is 10.3. The van der Waals surface area contributed by atoms with Crippen LogP contribution in [0.4, 0.5) is 4.39 Å². The number of piperidine rings is 1. The zero-order valence-corrected chi connectivity index (χ0v) is 16.6. The van der Waals surface area contributed by atoms with E-state index in [1.165, 1.54) is 19.0 Å². The van der Waals surface area contributed by atoms with Crippen LogP contribution in [0.1, 0.15) is 38.2 Å². The van der Waals surface area contributed by atoms with E-state index in [4.69, 9.17) is 0 Å². The quantitative estimate of drug-likeness (QED) is 0.764. The average Bonchev–Trinajstić information content (AvgIpc) is 3.12. The van der Waals surface area contributed by atoms with Gasteiger partial charge in [0.25, 0.3) is 0 Å². The first-order valence-electron chi connectivity index (χ1n) is 10.3. The van der Waals surface area contributed by atoms with Gasteiger partial charge in [0.1, 0.15) is 5.82 Å². The van der Waals surface area contributed by atoms with Crippen LogP contribution in [0.3, 0.4) is 0 Å². The average molecular weight is 377 g/mol. The molecule has 2 aliphatic heterocycles. The van der Waals surface area contributed by atoms with Crippen LogP contribution >= 0.6 is 0 Å². The Kier molecular flexibility index (Phi) is 7.21. The molecule has 1 aromatic rings. The Morgan fingerprint density at radius 2 is 2.00 bits per heavy atom. The summed E-state index contributed by atoms with van der Waals surface area (Å²) in [6.07, 6.45) is 4.21. The van der Waals surface area contributed by atoms with Crippen LogP contribution in [0.5, 0.6) is 0 Å². The van der Waals surface area contributed by atoms with Gasteiger partial charge < -0.3 is 15.5 Å². The molecular weight excluding hydrogens is 343 g/mol. The third kappa shape index (κ3) is 5.06. The smallest absolute Gasteiger partial charge is 0.237 e.